The highest BCUT2D eigenvalue weighted by Gasteiger charge is 2.27. The van der Waals surface area contributed by atoms with Crippen LogP contribution in [0.5, 0.6) is 5.75 Å². The summed E-state index contributed by atoms with van der Waals surface area (Å²) in [5.41, 5.74) is 3.50. The first-order chi connectivity index (χ1) is 20.8. The number of para-hydroxylation sites is 1. The van der Waals surface area contributed by atoms with Crippen LogP contribution in [0.15, 0.2) is 71.5 Å². The standard InChI is InChI=1S/C34H39N5O4/c1-23(2)37-17-8-18-39(30(40)21-25-13-15-27(43-4)16-14-25)32-24(3)9-7-10-26(32)22-38(20-19-37)34(42)31-28-11-5-6-12-29(28)33(41)36-35-31/h5-7,9-16,23H,8,17-22H2,1-4H3,(H,36,41). The van der Waals surface area contributed by atoms with E-state index in [1.165, 1.54) is 0 Å². The molecule has 2 amide bonds. The molecule has 224 valence electrons. The molecular formula is C34H39N5O4. The van der Waals surface area contributed by atoms with Gasteiger partial charge in [-0.1, -0.05) is 48.5 Å². The van der Waals surface area contributed by atoms with Crippen molar-refractivity contribution in [3.05, 3.63) is 99.5 Å². The molecule has 0 saturated heterocycles. The van der Waals surface area contributed by atoms with Crippen molar-refractivity contribution in [3.8, 4) is 5.75 Å². The molecule has 9 heteroatoms. The van der Waals surface area contributed by atoms with Crippen LogP contribution in [0.1, 0.15) is 47.4 Å². The normalized spacial score (nSPS) is 14.8. The SMILES string of the molecule is COc1ccc(CC(=O)N2CCCN(C(C)C)CCN(C(=O)c3n[nH]c(=O)c4ccccc34)Cc3cccc(C)c32)cc1. The Balaban J connectivity index is 1.54. The summed E-state index contributed by atoms with van der Waals surface area (Å²) in [6.07, 6.45) is 1.04. The average molecular weight is 582 g/mol. The van der Waals surface area contributed by atoms with Crippen molar-refractivity contribution in [2.45, 2.75) is 46.2 Å². The Morgan fingerprint density at radius 3 is 2.40 bits per heavy atom. The first-order valence-electron chi connectivity index (χ1n) is 14.8. The maximum absolute atomic E-state index is 14.2. The fourth-order valence-electron chi connectivity index (χ4n) is 5.80. The summed E-state index contributed by atoms with van der Waals surface area (Å²) in [5, 5.41) is 7.66. The van der Waals surface area contributed by atoms with Crippen LogP contribution < -0.4 is 15.2 Å². The number of methoxy groups -OCH3 is 1. The predicted molar refractivity (Wildman–Crippen MR) is 169 cm³/mol. The van der Waals surface area contributed by atoms with Gasteiger partial charge in [-0.05, 0) is 62.1 Å². The molecule has 4 aromatic rings. The number of aryl methyl sites for hydroxylation is 1. The maximum atomic E-state index is 14.2. The third-order valence-corrected chi connectivity index (χ3v) is 8.17. The molecule has 1 aliphatic rings. The van der Waals surface area contributed by atoms with Gasteiger partial charge in [-0.2, -0.15) is 5.10 Å². The fraction of sp³-hybridized carbons (Fsp3) is 0.353. The van der Waals surface area contributed by atoms with E-state index in [0.717, 1.165) is 41.1 Å². The fourth-order valence-corrected chi connectivity index (χ4v) is 5.80. The third-order valence-electron chi connectivity index (χ3n) is 8.17. The molecule has 0 unspecified atom stereocenters. The minimum absolute atomic E-state index is 0.00207. The Kier molecular flexibility index (Phi) is 9.21. The first kappa shape index (κ1) is 30.0. The largest absolute Gasteiger partial charge is 0.497 e. The molecule has 5 rings (SSSR count). The van der Waals surface area contributed by atoms with Gasteiger partial charge in [-0.3, -0.25) is 19.3 Å². The first-order valence-corrected chi connectivity index (χ1v) is 14.8. The van der Waals surface area contributed by atoms with E-state index < -0.39 is 0 Å². The second-order valence-corrected chi connectivity index (χ2v) is 11.3. The highest BCUT2D eigenvalue weighted by molar-refractivity contribution is 6.05. The van der Waals surface area contributed by atoms with Gasteiger partial charge >= 0.3 is 0 Å². The zero-order chi connectivity index (χ0) is 30.5. The van der Waals surface area contributed by atoms with Crippen LogP contribution in [0.2, 0.25) is 0 Å². The molecule has 2 heterocycles. The lowest BCUT2D eigenvalue weighted by Gasteiger charge is -2.30. The van der Waals surface area contributed by atoms with Crippen molar-refractivity contribution in [3.63, 3.8) is 0 Å². The Morgan fingerprint density at radius 1 is 0.930 bits per heavy atom. The summed E-state index contributed by atoms with van der Waals surface area (Å²) < 4.78 is 5.29. The van der Waals surface area contributed by atoms with Gasteiger partial charge in [-0.15, -0.1) is 0 Å². The molecule has 1 N–H and O–H groups in total. The summed E-state index contributed by atoms with van der Waals surface area (Å²) >= 11 is 0. The molecule has 0 fully saturated rings. The Hall–Kier alpha value is -4.50. The monoisotopic (exact) mass is 581 g/mol. The zero-order valence-electron chi connectivity index (χ0n) is 25.3. The molecule has 0 radical (unpaired) electrons. The number of amides is 2. The number of hydrogen-bond donors (Lipinski definition) is 1. The summed E-state index contributed by atoms with van der Waals surface area (Å²) in [6.45, 7) is 9.09. The number of ether oxygens (including phenoxy) is 1. The molecule has 43 heavy (non-hydrogen) atoms. The summed E-state index contributed by atoms with van der Waals surface area (Å²) in [6, 6.07) is 20.8. The number of fused-ring (bicyclic) bond motifs is 2. The quantitative estimate of drug-likeness (QED) is 0.371. The zero-order valence-corrected chi connectivity index (χ0v) is 25.3. The van der Waals surface area contributed by atoms with Crippen LogP contribution in [0.3, 0.4) is 0 Å². The molecule has 3 aromatic carbocycles. The van der Waals surface area contributed by atoms with Crippen LogP contribution in [0.25, 0.3) is 10.8 Å². The number of hydrogen-bond acceptors (Lipinski definition) is 6. The van der Waals surface area contributed by atoms with Crippen molar-refractivity contribution in [2.24, 2.45) is 0 Å². The van der Waals surface area contributed by atoms with E-state index in [1.807, 2.05) is 54.3 Å². The summed E-state index contributed by atoms with van der Waals surface area (Å²) in [7, 11) is 1.62. The van der Waals surface area contributed by atoms with Crippen molar-refractivity contribution in [1.82, 2.24) is 20.0 Å². The molecule has 1 aliphatic heterocycles. The number of carbonyl (C=O) groups is 2. The van der Waals surface area contributed by atoms with Gasteiger partial charge < -0.3 is 14.5 Å². The van der Waals surface area contributed by atoms with Gasteiger partial charge in [0.05, 0.1) is 24.6 Å². The molecule has 0 aliphatic carbocycles. The van der Waals surface area contributed by atoms with Crippen molar-refractivity contribution < 1.29 is 14.3 Å². The van der Waals surface area contributed by atoms with Gasteiger partial charge in [0.15, 0.2) is 5.69 Å². The van der Waals surface area contributed by atoms with Gasteiger partial charge in [0.2, 0.25) is 5.91 Å². The second kappa shape index (κ2) is 13.2. The summed E-state index contributed by atoms with van der Waals surface area (Å²) in [4.78, 5) is 46.6. The molecule has 9 nitrogen and oxygen atoms in total. The highest BCUT2D eigenvalue weighted by Crippen LogP contribution is 2.29. The average Bonchev–Trinajstić information content (AvgIpc) is 3.04. The number of aromatic amines is 1. The number of nitrogens with one attached hydrogen (secondary N) is 1. The lowest BCUT2D eigenvalue weighted by Crippen LogP contribution is -2.42. The maximum Gasteiger partial charge on any atom is 0.275 e. The Labute approximate surface area is 252 Å². The van der Waals surface area contributed by atoms with E-state index in [0.29, 0.717) is 37.0 Å². The highest BCUT2D eigenvalue weighted by atomic mass is 16.5. The van der Waals surface area contributed by atoms with Gasteiger partial charge in [0.25, 0.3) is 11.5 Å². The van der Waals surface area contributed by atoms with Gasteiger partial charge in [-0.25, -0.2) is 5.10 Å². The van der Waals surface area contributed by atoms with Crippen molar-refractivity contribution in [1.29, 1.82) is 0 Å². The Bertz CT molecular complexity index is 1660. The number of carbonyl (C=O) groups excluding carboxylic acids is 2. The number of H-pyrrole nitrogens is 1. The minimum Gasteiger partial charge on any atom is -0.497 e. The van der Waals surface area contributed by atoms with E-state index in [9.17, 15) is 14.4 Å². The van der Waals surface area contributed by atoms with Crippen molar-refractivity contribution in [2.75, 3.05) is 38.2 Å². The molecule has 0 bridgehead atoms. The van der Waals surface area contributed by atoms with E-state index in [1.54, 1.807) is 36.3 Å². The number of anilines is 1. The van der Waals surface area contributed by atoms with Crippen LogP contribution in [-0.2, 0) is 17.8 Å². The van der Waals surface area contributed by atoms with E-state index in [4.69, 9.17) is 4.74 Å². The molecule has 1 aromatic heterocycles. The van der Waals surface area contributed by atoms with Gasteiger partial charge in [0.1, 0.15) is 5.75 Å². The lowest BCUT2D eigenvalue weighted by atomic mass is 10.0. The molecular weight excluding hydrogens is 542 g/mol. The molecule has 0 atom stereocenters. The summed E-state index contributed by atoms with van der Waals surface area (Å²) in [5.74, 6) is 0.483. The van der Waals surface area contributed by atoms with Crippen LogP contribution in [-0.4, -0.2) is 71.1 Å². The van der Waals surface area contributed by atoms with Gasteiger partial charge in [0, 0.05) is 44.2 Å². The minimum atomic E-state index is -0.331. The van der Waals surface area contributed by atoms with Crippen molar-refractivity contribution >= 4 is 28.3 Å². The predicted octanol–water partition coefficient (Wildman–Crippen LogP) is 4.57. The number of nitrogens with zero attached hydrogens (tertiary/aromatic N) is 4. The topological polar surface area (TPSA) is 98.8 Å². The van der Waals surface area contributed by atoms with E-state index in [2.05, 4.69) is 28.9 Å². The second-order valence-electron chi connectivity index (χ2n) is 11.3. The van der Waals surface area contributed by atoms with Crippen LogP contribution in [0, 0.1) is 6.92 Å². The number of aromatic nitrogens is 2. The molecule has 0 spiro atoms. The van der Waals surface area contributed by atoms with Crippen LogP contribution in [0.4, 0.5) is 5.69 Å². The van der Waals surface area contributed by atoms with E-state index in [-0.39, 0.29) is 35.5 Å². The Morgan fingerprint density at radius 2 is 1.67 bits per heavy atom. The van der Waals surface area contributed by atoms with E-state index >= 15 is 0 Å². The molecule has 0 saturated carbocycles. The smallest absolute Gasteiger partial charge is 0.275 e. The number of rotatable bonds is 5. The lowest BCUT2D eigenvalue weighted by molar-refractivity contribution is -0.118. The third kappa shape index (κ3) is 6.62. The van der Waals surface area contributed by atoms with Crippen LogP contribution >= 0.6 is 0 Å². The number of benzene rings is 3.